The summed E-state index contributed by atoms with van der Waals surface area (Å²) in [6, 6.07) is 10.8. The van der Waals surface area contributed by atoms with Crippen LogP contribution in [0.3, 0.4) is 0 Å². The molecule has 0 aliphatic heterocycles. The second-order valence-corrected chi connectivity index (χ2v) is 8.79. The fraction of sp³-hybridized carbons (Fsp3) is 0.286. The number of rotatable bonds is 6. The molecule has 0 bridgehead atoms. The second-order valence-electron chi connectivity index (χ2n) is 6.30. The molecule has 0 amide bonds. The van der Waals surface area contributed by atoms with Gasteiger partial charge in [-0.15, -0.1) is 0 Å². The van der Waals surface area contributed by atoms with Gasteiger partial charge < -0.3 is 9.47 Å². The molecule has 2 unspecified atom stereocenters. The molecule has 0 heterocycles. The molecule has 5 nitrogen and oxygen atoms in total. The van der Waals surface area contributed by atoms with E-state index in [-0.39, 0.29) is 5.78 Å². The largest absolute Gasteiger partial charge is 0.458 e. The standard InChI is InChI=1S/C21H20I2O5/c1-11(27-13(3)24)19-9-15(22)5-7-17(19)21(26)18-8-6-16(23)10-20(18)12(2)28-14(4)25/h5-12H,1-4H3. The van der Waals surface area contributed by atoms with Crippen LogP contribution in [0.2, 0.25) is 0 Å². The van der Waals surface area contributed by atoms with Gasteiger partial charge in [0.2, 0.25) is 0 Å². The zero-order valence-corrected chi connectivity index (χ0v) is 20.2. The van der Waals surface area contributed by atoms with E-state index in [1.54, 1.807) is 26.0 Å². The molecule has 0 saturated heterocycles. The third kappa shape index (κ3) is 5.76. The maximum atomic E-state index is 13.4. The van der Waals surface area contributed by atoms with Crippen molar-refractivity contribution in [2.45, 2.75) is 39.9 Å². The first-order valence-electron chi connectivity index (χ1n) is 8.58. The molecule has 0 spiro atoms. The summed E-state index contributed by atoms with van der Waals surface area (Å²) >= 11 is 4.30. The number of carbonyl (C=O) groups excluding carboxylic acids is 3. The second kappa shape index (κ2) is 9.82. The molecule has 0 fully saturated rings. The van der Waals surface area contributed by atoms with E-state index >= 15 is 0 Å². The Bertz CT molecular complexity index is 850. The Kier molecular flexibility index (Phi) is 7.99. The summed E-state index contributed by atoms with van der Waals surface area (Å²) < 4.78 is 12.5. The maximum absolute atomic E-state index is 13.4. The van der Waals surface area contributed by atoms with E-state index in [9.17, 15) is 14.4 Å². The summed E-state index contributed by atoms with van der Waals surface area (Å²) in [5.41, 5.74) is 2.17. The van der Waals surface area contributed by atoms with Crippen LogP contribution >= 0.6 is 45.2 Å². The molecular weight excluding hydrogens is 586 g/mol. The van der Waals surface area contributed by atoms with Crippen molar-refractivity contribution in [3.05, 3.63) is 65.8 Å². The van der Waals surface area contributed by atoms with Crippen LogP contribution in [0.15, 0.2) is 36.4 Å². The van der Waals surface area contributed by atoms with Gasteiger partial charge in [0.1, 0.15) is 12.2 Å². The Hall–Kier alpha value is -1.49. The molecule has 28 heavy (non-hydrogen) atoms. The van der Waals surface area contributed by atoms with Crippen molar-refractivity contribution in [1.82, 2.24) is 0 Å². The van der Waals surface area contributed by atoms with Gasteiger partial charge >= 0.3 is 11.9 Å². The van der Waals surface area contributed by atoms with Crippen LogP contribution in [-0.2, 0) is 19.1 Å². The quantitative estimate of drug-likeness (QED) is 0.251. The number of esters is 2. The van der Waals surface area contributed by atoms with Gasteiger partial charge in [-0.25, -0.2) is 0 Å². The Morgan fingerprint density at radius 3 is 1.43 bits per heavy atom. The van der Waals surface area contributed by atoms with Gasteiger partial charge in [-0.05, 0) is 95.4 Å². The maximum Gasteiger partial charge on any atom is 0.303 e. The van der Waals surface area contributed by atoms with Crippen LogP contribution in [0.1, 0.15) is 67.0 Å². The molecule has 0 aliphatic rings. The van der Waals surface area contributed by atoms with Crippen molar-refractivity contribution in [2.24, 2.45) is 0 Å². The normalized spacial score (nSPS) is 12.8. The van der Waals surface area contributed by atoms with Crippen molar-refractivity contribution in [3.63, 3.8) is 0 Å². The van der Waals surface area contributed by atoms with Crippen LogP contribution < -0.4 is 0 Å². The summed E-state index contributed by atoms with van der Waals surface area (Å²) in [5, 5.41) is 0. The molecule has 0 N–H and O–H groups in total. The molecule has 0 aromatic heterocycles. The van der Waals surface area contributed by atoms with Crippen molar-refractivity contribution < 1.29 is 23.9 Å². The van der Waals surface area contributed by atoms with E-state index < -0.39 is 24.1 Å². The molecule has 2 rings (SSSR count). The highest BCUT2D eigenvalue weighted by molar-refractivity contribution is 14.1. The lowest BCUT2D eigenvalue weighted by Crippen LogP contribution is -2.15. The van der Waals surface area contributed by atoms with Crippen LogP contribution in [0.4, 0.5) is 0 Å². The van der Waals surface area contributed by atoms with Gasteiger partial charge in [0.15, 0.2) is 5.78 Å². The summed E-state index contributed by atoms with van der Waals surface area (Å²) in [4.78, 5) is 36.2. The number of hydrogen-bond donors (Lipinski definition) is 0. The number of carbonyl (C=O) groups is 3. The Morgan fingerprint density at radius 2 is 1.11 bits per heavy atom. The SMILES string of the molecule is CC(=O)OC(C)c1cc(I)ccc1C(=O)c1ccc(I)cc1C(C)OC(C)=O. The molecule has 0 radical (unpaired) electrons. The summed E-state index contributed by atoms with van der Waals surface area (Å²) in [6.07, 6.45) is -1.13. The van der Waals surface area contributed by atoms with Crippen molar-refractivity contribution in [1.29, 1.82) is 0 Å². The van der Waals surface area contributed by atoms with Crippen molar-refractivity contribution in [2.75, 3.05) is 0 Å². The molecule has 2 aromatic rings. The van der Waals surface area contributed by atoms with Crippen LogP contribution in [0, 0.1) is 7.14 Å². The predicted molar refractivity (Wildman–Crippen MR) is 122 cm³/mol. The van der Waals surface area contributed by atoms with E-state index in [1.165, 1.54) is 13.8 Å². The van der Waals surface area contributed by atoms with E-state index in [0.717, 1.165) is 7.14 Å². The van der Waals surface area contributed by atoms with Gasteiger partial charge in [-0.3, -0.25) is 14.4 Å². The van der Waals surface area contributed by atoms with Gasteiger partial charge in [-0.2, -0.15) is 0 Å². The average molecular weight is 606 g/mol. The van der Waals surface area contributed by atoms with E-state index in [4.69, 9.17) is 9.47 Å². The summed E-state index contributed by atoms with van der Waals surface area (Å²) in [6.45, 7) is 6.15. The highest BCUT2D eigenvalue weighted by atomic mass is 127. The predicted octanol–water partition coefficient (Wildman–Crippen LogP) is 5.38. The van der Waals surface area contributed by atoms with E-state index in [0.29, 0.717) is 22.3 Å². The van der Waals surface area contributed by atoms with Gasteiger partial charge in [0, 0.05) is 43.2 Å². The Labute approximate surface area is 191 Å². The van der Waals surface area contributed by atoms with Crippen LogP contribution in [0.25, 0.3) is 0 Å². The molecule has 2 atom stereocenters. The minimum absolute atomic E-state index is 0.212. The number of hydrogen-bond acceptors (Lipinski definition) is 5. The van der Waals surface area contributed by atoms with E-state index in [1.807, 2.05) is 24.3 Å². The average Bonchev–Trinajstić information content (AvgIpc) is 2.59. The first kappa shape index (κ1) is 22.8. The third-order valence-corrected chi connectivity index (χ3v) is 5.42. The lowest BCUT2D eigenvalue weighted by molar-refractivity contribution is -0.146. The zero-order chi connectivity index (χ0) is 21.0. The first-order valence-corrected chi connectivity index (χ1v) is 10.7. The van der Waals surface area contributed by atoms with Crippen LogP contribution in [-0.4, -0.2) is 17.7 Å². The lowest BCUT2D eigenvalue weighted by Gasteiger charge is -2.19. The molecule has 148 valence electrons. The Morgan fingerprint density at radius 1 is 0.750 bits per heavy atom. The van der Waals surface area contributed by atoms with Crippen LogP contribution in [0.5, 0.6) is 0 Å². The highest BCUT2D eigenvalue weighted by Gasteiger charge is 2.24. The third-order valence-electron chi connectivity index (χ3n) is 4.08. The highest BCUT2D eigenvalue weighted by Crippen LogP contribution is 2.30. The molecule has 7 heteroatoms. The zero-order valence-electron chi connectivity index (χ0n) is 15.9. The summed E-state index contributed by atoms with van der Waals surface area (Å²) in [5.74, 6) is -1.04. The lowest BCUT2D eigenvalue weighted by atomic mass is 9.92. The fourth-order valence-electron chi connectivity index (χ4n) is 2.92. The minimum atomic E-state index is -0.565. The smallest absolute Gasteiger partial charge is 0.303 e. The number of benzene rings is 2. The van der Waals surface area contributed by atoms with Crippen molar-refractivity contribution >= 4 is 62.9 Å². The minimum Gasteiger partial charge on any atom is -0.458 e. The molecule has 0 saturated carbocycles. The Balaban J connectivity index is 2.55. The topological polar surface area (TPSA) is 69.7 Å². The number of halogens is 2. The number of ketones is 1. The molecular formula is C21H20I2O5. The van der Waals surface area contributed by atoms with E-state index in [2.05, 4.69) is 45.2 Å². The van der Waals surface area contributed by atoms with Gasteiger partial charge in [0.05, 0.1) is 0 Å². The molecule has 0 aliphatic carbocycles. The monoisotopic (exact) mass is 606 g/mol. The fourth-order valence-corrected chi connectivity index (χ4v) is 3.95. The molecule has 2 aromatic carbocycles. The number of ether oxygens (including phenoxy) is 2. The van der Waals surface area contributed by atoms with Gasteiger partial charge in [0.25, 0.3) is 0 Å². The van der Waals surface area contributed by atoms with Crippen molar-refractivity contribution in [3.8, 4) is 0 Å². The first-order chi connectivity index (χ1) is 13.1. The summed E-state index contributed by atoms with van der Waals surface area (Å²) in [7, 11) is 0. The van der Waals surface area contributed by atoms with Gasteiger partial charge in [-0.1, -0.05) is 0 Å².